The van der Waals surface area contributed by atoms with E-state index in [1.54, 1.807) is 6.20 Å². The Morgan fingerprint density at radius 3 is 3.08 bits per heavy atom. The molecule has 2 aliphatic heterocycles. The fourth-order valence-corrected chi connectivity index (χ4v) is 4.30. The van der Waals surface area contributed by atoms with Crippen LogP contribution in [-0.4, -0.2) is 59.1 Å². The van der Waals surface area contributed by atoms with Gasteiger partial charge in [-0.3, -0.25) is 14.7 Å². The van der Waals surface area contributed by atoms with Crippen LogP contribution in [0.25, 0.3) is 0 Å². The molecule has 2 saturated heterocycles. The Hall–Kier alpha value is -1.76. The molecule has 2 aliphatic rings. The van der Waals surface area contributed by atoms with Gasteiger partial charge >= 0.3 is 0 Å². The predicted molar refractivity (Wildman–Crippen MR) is 93.0 cm³/mol. The second-order valence-corrected chi connectivity index (χ2v) is 7.27. The second-order valence-electron chi connectivity index (χ2n) is 6.33. The highest BCUT2D eigenvalue weighted by Gasteiger charge is 2.38. The van der Waals surface area contributed by atoms with Gasteiger partial charge in [-0.2, -0.15) is 0 Å². The first-order valence-electron chi connectivity index (χ1n) is 8.38. The van der Waals surface area contributed by atoms with Crippen molar-refractivity contribution in [3.63, 3.8) is 0 Å². The molecule has 0 spiro atoms. The number of aromatic nitrogens is 1. The van der Waals surface area contributed by atoms with Crippen LogP contribution in [0.15, 0.2) is 42.0 Å². The average molecular weight is 343 g/mol. The van der Waals surface area contributed by atoms with Crippen LogP contribution in [0.2, 0.25) is 0 Å². The standard InChI is InChI=1S/C18H21N3O2S/c22-18(17-4-2-10-24-17)21-7-5-16-15(13-21)20(8-9-23-16)12-14-3-1-6-19-11-14/h1-4,6,10-11,15-16H,5,7-9,12-13H2/t15-,16-/m1/s1. The lowest BCUT2D eigenvalue weighted by atomic mass is 9.98. The minimum absolute atomic E-state index is 0.148. The van der Waals surface area contributed by atoms with Crippen molar-refractivity contribution in [2.24, 2.45) is 0 Å². The second kappa shape index (κ2) is 7.01. The van der Waals surface area contributed by atoms with Gasteiger partial charge in [0.25, 0.3) is 5.91 Å². The summed E-state index contributed by atoms with van der Waals surface area (Å²) in [4.78, 5) is 22.1. The van der Waals surface area contributed by atoms with Gasteiger partial charge < -0.3 is 9.64 Å². The van der Waals surface area contributed by atoms with Crippen molar-refractivity contribution in [1.29, 1.82) is 0 Å². The van der Waals surface area contributed by atoms with Gasteiger partial charge in [0.1, 0.15) is 0 Å². The van der Waals surface area contributed by atoms with Gasteiger partial charge in [-0.05, 0) is 29.5 Å². The Kier molecular flexibility index (Phi) is 4.60. The molecule has 0 N–H and O–H groups in total. The Balaban J connectivity index is 1.48. The van der Waals surface area contributed by atoms with Crippen molar-refractivity contribution < 1.29 is 9.53 Å². The summed E-state index contributed by atoms with van der Waals surface area (Å²) in [7, 11) is 0. The Morgan fingerprint density at radius 1 is 1.33 bits per heavy atom. The molecule has 24 heavy (non-hydrogen) atoms. The molecule has 6 heteroatoms. The van der Waals surface area contributed by atoms with E-state index in [0.717, 1.165) is 44.1 Å². The first-order valence-corrected chi connectivity index (χ1v) is 9.26. The molecule has 5 nitrogen and oxygen atoms in total. The molecule has 2 atom stereocenters. The molecule has 4 rings (SSSR count). The summed E-state index contributed by atoms with van der Waals surface area (Å²) in [6.07, 6.45) is 4.85. The minimum atomic E-state index is 0.148. The smallest absolute Gasteiger partial charge is 0.263 e. The van der Waals surface area contributed by atoms with E-state index < -0.39 is 0 Å². The zero-order valence-electron chi connectivity index (χ0n) is 13.5. The number of amides is 1. The van der Waals surface area contributed by atoms with E-state index in [9.17, 15) is 4.79 Å². The maximum absolute atomic E-state index is 12.7. The lowest BCUT2D eigenvalue weighted by molar-refractivity contribution is -0.101. The maximum atomic E-state index is 12.7. The van der Waals surface area contributed by atoms with Gasteiger partial charge in [0.15, 0.2) is 0 Å². The Bertz CT molecular complexity index is 677. The summed E-state index contributed by atoms with van der Waals surface area (Å²) >= 11 is 1.51. The first kappa shape index (κ1) is 15.7. The van der Waals surface area contributed by atoms with Crippen LogP contribution in [-0.2, 0) is 11.3 Å². The molecule has 2 aromatic rings. The number of rotatable bonds is 3. The van der Waals surface area contributed by atoms with Crippen molar-refractivity contribution in [3.05, 3.63) is 52.5 Å². The van der Waals surface area contributed by atoms with Crippen LogP contribution in [0.3, 0.4) is 0 Å². The molecule has 0 unspecified atom stereocenters. The number of piperidine rings is 1. The number of thiophene rings is 1. The summed E-state index contributed by atoms with van der Waals surface area (Å²) in [6.45, 7) is 4.04. The highest BCUT2D eigenvalue weighted by molar-refractivity contribution is 7.12. The summed E-state index contributed by atoms with van der Waals surface area (Å²) in [5, 5.41) is 1.96. The Morgan fingerprint density at radius 2 is 2.29 bits per heavy atom. The third-order valence-electron chi connectivity index (χ3n) is 4.83. The number of nitrogens with zero attached hydrogens (tertiary/aromatic N) is 3. The molecule has 0 radical (unpaired) electrons. The van der Waals surface area contributed by atoms with Gasteiger partial charge in [-0.15, -0.1) is 11.3 Å². The van der Waals surface area contributed by atoms with E-state index in [1.807, 2.05) is 34.7 Å². The van der Waals surface area contributed by atoms with Crippen LogP contribution in [0.4, 0.5) is 0 Å². The van der Waals surface area contributed by atoms with Crippen molar-refractivity contribution in [2.45, 2.75) is 25.1 Å². The third kappa shape index (κ3) is 3.22. The number of ether oxygens (including phenoxy) is 1. The van der Waals surface area contributed by atoms with E-state index >= 15 is 0 Å². The van der Waals surface area contributed by atoms with Gasteiger partial charge in [-0.1, -0.05) is 12.1 Å². The predicted octanol–water partition coefficient (Wildman–Crippen LogP) is 2.26. The maximum Gasteiger partial charge on any atom is 0.263 e. The molecule has 0 aromatic carbocycles. The quantitative estimate of drug-likeness (QED) is 0.858. The molecule has 1 amide bonds. The van der Waals surface area contributed by atoms with Crippen molar-refractivity contribution in [1.82, 2.24) is 14.8 Å². The number of fused-ring (bicyclic) bond motifs is 1. The van der Waals surface area contributed by atoms with E-state index in [-0.39, 0.29) is 18.1 Å². The molecule has 0 saturated carbocycles. The Labute approximate surface area is 145 Å². The van der Waals surface area contributed by atoms with Gasteiger partial charge in [0.2, 0.25) is 0 Å². The van der Waals surface area contributed by atoms with Crippen LogP contribution < -0.4 is 0 Å². The molecule has 4 heterocycles. The number of likely N-dealkylation sites (tertiary alicyclic amines) is 1. The summed E-state index contributed by atoms with van der Waals surface area (Å²) in [6, 6.07) is 8.18. The average Bonchev–Trinajstić information content (AvgIpc) is 3.17. The largest absolute Gasteiger partial charge is 0.375 e. The number of carbonyl (C=O) groups excluding carboxylic acids is 1. The molecular weight excluding hydrogens is 322 g/mol. The summed E-state index contributed by atoms with van der Waals surface area (Å²) < 4.78 is 5.98. The topological polar surface area (TPSA) is 45.7 Å². The lowest BCUT2D eigenvalue weighted by Crippen LogP contribution is -2.60. The van der Waals surface area contributed by atoms with Crippen LogP contribution in [0.5, 0.6) is 0 Å². The SMILES string of the molecule is O=C(c1cccs1)N1CC[C@H]2OCCN(Cc3cccnc3)[C@@H]2C1. The monoisotopic (exact) mass is 343 g/mol. The van der Waals surface area contributed by atoms with Crippen LogP contribution >= 0.6 is 11.3 Å². The molecule has 126 valence electrons. The summed E-state index contributed by atoms with van der Waals surface area (Å²) in [5.41, 5.74) is 1.21. The van der Waals surface area contributed by atoms with Gasteiger partial charge in [0, 0.05) is 38.6 Å². The zero-order valence-corrected chi connectivity index (χ0v) is 14.3. The fraction of sp³-hybridized carbons (Fsp3) is 0.444. The fourth-order valence-electron chi connectivity index (χ4n) is 3.61. The lowest BCUT2D eigenvalue weighted by Gasteiger charge is -2.47. The van der Waals surface area contributed by atoms with E-state index in [0.29, 0.717) is 0 Å². The minimum Gasteiger partial charge on any atom is -0.375 e. The van der Waals surface area contributed by atoms with Gasteiger partial charge in [-0.25, -0.2) is 0 Å². The number of pyridine rings is 1. The normalized spacial score (nSPS) is 24.6. The van der Waals surface area contributed by atoms with Gasteiger partial charge in [0.05, 0.1) is 23.6 Å². The third-order valence-corrected chi connectivity index (χ3v) is 5.69. The molecule has 2 fully saturated rings. The highest BCUT2D eigenvalue weighted by Crippen LogP contribution is 2.26. The number of hydrogen-bond donors (Lipinski definition) is 0. The number of hydrogen-bond acceptors (Lipinski definition) is 5. The molecule has 0 aliphatic carbocycles. The van der Waals surface area contributed by atoms with Crippen molar-refractivity contribution in [2.75, 3.05) is 26.2 Å². The molecule has 2 aromatic heterocycles. The summed E-state index contributed by atoms with van der Waals surface area (Å²) in [5.74, 6) is 0.148. The van der Waals surface area contributed by atoms with Crippen LogP contribution in [0.1, 0.15) is 21.7 Å². The zero-order chi connectivity index (χ0) is 16.4. The van der Waals surface area contributed by atoms with E-state index in [1.165, 1.54) is 16.9 Å². The number of carbonyl (C=O) groups is 1. The van der Waals surface area contributed by atoms with E-state index in [4.69, 9.17) is 4.74 Å². The van der Waals surface area contributed by atoms with Crippen molar-refractivity contribution in [3.8, 4) is 0 Å². The highest BCUT2D eigenvalue weighted by atomic mass is 32.1. The molecule has 0 bridgehead atoms. The van der Waals surface area contributed by atoms with E-state index in [2.05, 4.69) is 16.0 Å². The first-order chi connectivity index (χ1) is 11.8. The van der Waals surface area contributed by atoms with Crippen molar-refractivity contribution >= 4 is 17.2 Å². The molecular formula is C18H21N3O2S. The number of morpholine rings is 1. The van der Waals surface area contributed by atoms with Crippen LogP contribution in [0, 0.1) is 0 Å².